The minimum Gasteiger partial charge on any atom is -0.423 e. The fraction of sp³-hybridized carbons (Fsp3) is 0.500. The van der Waals surface area contributed by atoms with Crippen molar-refractivity contribution < 1.29 is 14.3 Å². The molecule has 2 rings (SSSR count). The van der Waals surface area contributed by atoms with E-state index in [1.54, 1.807) is 54.7 Å². The highest BCUT2D eigenvalue weighted by Gasteiger charge is 2.08. The maximum atomic E-state index is 12.2. The second-order valence-electron chi connectivity index (χ2n) is 9.25. The zero-order valence-electron chi connectivity index (χ0n) is 21.6. The molecule has 5 nitrogen and oxygen atoms in total. The number of nitrogens with zero attached hydrogens (tertiary/aromatic N) is 1. The van der Waals surface area contributed by atoms with E-state index in [-0.39, 0.29) is 5.91 Å². The number of carbonyl (C=O) groups excluding carboxylic acids is 2. The zero-order chi connectivity index (χ0) is 25.8. The summed E-state index contributed by atoms with van der Waals surface area (Å²) in [6, 6.07) is 14.0. The Balaban J connectivity index is 1.50. The number of hydrogen-bond acceptors (Lipinski definition) is 4. The number of hydrazone groups is 1. The average Bonchev–Trinajstić information content (AvgIpc) is 2.88. The number of benzene rings is 2. The summed E-state index contributed by atoms with van der Waals surface area (Å²) in [4.78, 5) is 24.2. The molecule has 0 heterocycles. The molecule has 0 aliphatic carbocycles. The Morgan fingerprint density at radius 3 is 1.86 bits per heavy atom. The second kappa shape index (κ2) is 18.8. The lowest BCUT2D eigenvalue weighted by Gasteiger charge is -2.05. The molecule has 0 aliphatic heterocycles. The third kappa shape index (κ3) is 13.6. The van der Waals surface area contributed by atoms with Crippen molar-refractivity contribution in [3.8, 4) is 5.75 Å². The molecule has 0 atom stereocenters. The number of carbonyl (C=O) groups is 2. The van der Waals surface area contributed by atoms with Crippen molar-refractivity contribution in [1.29, 1.82) is 0 Å². The minimum atomic E-state index is -0.413. The first-order valence-electron chi connectivity index (χ1n) is 13.5. The molecule has 0 radical (unpaired) electrons. The van der Waals surface area contributed by atoms with Gasteiger partial charge in [-0.05, 0) is 60.5 Å². The van der Waals surface area contributed by atoms with Gasteiger partial charge in [0.1, 0.15) is 5.75 Å². The number of esters is 1. The van der Waals surface area contributed by atoms with Gasteiger partial charge in [-0.15, -0.1) is 0 Å². The third-order valence-corrected chi connectivity index (χ3v) is 6.61. The Morgan fingerprint density at radius 1 is 0.778 bits per heavy atom. The van der Waals surface area contributed by atoms with Gasteiger partial charge in [0.25, 0.3) is 0 Å². The topological polar surface area (TPSA) is 67.8 Å². The van der Waals surface area contributed by atoms with E-state index in [0.717, 1.165) is 22.9 Å². The van der Waals surface area contributed by atoms with Gasteiger partial charge < -0.3 is 4.74 Å². The molecule has 0 spiro atoms. The molecule has 1 amide bonds. The van der Waals surface area contributed by atoms with Gasteiger partial charge in [-0.25, -0.2) is 10.2 Å². The molecular weight excluding hydrogens is 516 g/mol. The van der Waals surface area contributed by atoms with Crippen LogP contribution in [0.15, 0.2) is 58.1 Å². The van der Waals surface area contributed by atoms with Gasteiger partial charge in [0.15, 0.2) is 0 Å². The molecule has 0 saturated heterocycles. The van der Waals surface area contributed by atoms with Crippen LogP contribution in [0.5, 0.6) is 5.75 Å². The van der Waals surface area contributed by atoms with E-state index in [2.05, 4.69) is 33.4 Å². The zero-order valence-corrected chi connectivity index (χ0v) is 23.2. The second-order valence-corrected chi connectivity index (χ2v) is 10.2. The van der Waals surface area contributed by atoms with Gasteiger partial charge >= 0.3 is 5.97 Å². The molecule has 0 bridgehead atoms. The van der Waals surface area contributed by atoms with Crippen molar-refractivity contribution in [2.75, 3.05) is 0 Å². The quantitative estimate of drug-likeness (QED) is 0.0656. The van der Waals surface area contributed by atoms with E-state index in [1.807, 2.05) is 0 Å². The molecule has 36 heavy (non-hydrogen) atoms. The fourth-order valence-corrected chi connectivity index (χ4v) is 4.18. The van der Waals surface area contributed by atoms with E-state index in [0.29, 0.717) is 17.7 Å². The largest absolute Gasteiger partial charge is 0.423 e. The Bertz CT molecular complexity index is 911. The number of nitrogens with one attached hydrogen (secondary N) is 1. The molecule has 2 aromatic rings. The molecule has 1 N–H and O–H groups in total. The van der Waals surface area contributed by atoms with Gasteiger partial charge in [-0.2, -0.15) is 5.10 Å². The first-order chi connectivity index (χ1) is 17.6. The minimum absolute atomic E-state index is 0.0608. The summed E-state index contributed by atoms with van der Waals surface area (Å²) in [6.07, 6.45) is 18.8. The van der Waals surface area contributed by atoms with Crippen molar-refractivity contribution in [3.05, 3.63) is 64.1 Å². The molecule has 0 aliphatic rings. The lowest BCUT2D eigenvalue weighted by molar-refractivity contribution is -0.121. The molecule has 0 unspecified atom stereocenters. The lowest BCUT2D eigenvalue weighted by atomic mass is 10.0. The summed E-state index contributed by atoms with van der Waals surface area (Å²) >= 11 is 3.34. The molecule has 0 fully saturated rings. The number of halogens is 1. The van der Waals surface area contributed by atoms with Gasteiger partial charge in [0.2, 0.25) is 5.91 Å². The van der Waals surface area contributed by atoms with E-state index >= 15 is 0 Å². The van der Waals surface area contributed by atoms with Crippen LogP contribution in [0.2, 0.25) is 0 Å². The number of rotatable bonds is 18. The van der Waals surface area contributed by atoms with E-state index in [1.165, 1.54) is 70.6 Å². The van der Waals surface area contributed by atoms with Crippen molar-refractivity contribution in [2.24, 2.45) is 5.10 Å². The molecule has 0 saturated carbocycles. The summed E-state index contributed by atoms with van der Waals surface area (Å²) in [6.45, 7) is 2.26. The maximum Gasteiger partial charge on any atom is 0.343 e. The van der Waals surface area contributed by atoms with Crippen molar-refractivity contribution in [3.63, 3.8) is 0 Å². The Kier molecular flexibility index (Phi) is 15.5. The van der Waals surface area contributed by atoms with Gasteiger partial charge in [0.05, 0.1) is 11.8 Å². The van der Waals surface area contributed by atoms with Crippen molar-refractivity contribution >= 4 is 34.0 Å². The van der Waals surface area contributed by atoms with Gasteiger partial charge in [-0.1, -0.05) is 99.9 Å². The molecule has 6 heteroatoms. The smallest absolute Gasteiger partial charge is 0.343 e. The molecule has 0 aromatic heterocycles. The lowest BCUT2D eigenvalue weighted by Crippen LogP contribution is -2.16. The number of amides is 1. The van der Waals surface area contributed by atoms with E-state index in [4.69, 9.17) is 4.74 Å². The molecule has 2 aromatic carbocycles. The van der Waals surface area contributed by atoms with Crippen LogP contribution in [0.3, 0.4) is 0 Å². The van der Waals surface area contributed by atoms with Crippen LogP contribution in [-0.2, 0) is 4.79 Å². The van der Waals surface area contributed by atoms with Crippen LogP contribution in [0.25, 0.3) is 0 Å². The fourth-order valence-electron chi connectivity index (χ4n) is 3.91. The summed E-state index contributed by atoms with van der Waals surface area (Å²) in [5, 5.41) is 4.03. The van der Waals surface area contributed by atoms with Gasteiger partial charge in [0, 0.05) is 10.9 Å². The molecular formula is C30H41BrN2O3. The predicted molar refractivity (Wildman–Crippen MR) is 152 cm³/mol. The van der Waals surface area contributed by atoms with Gasteiger partial charge in [-0.3, -0.25) is 4.79 Å². The van der Waals surface area contributed by atoms with Crippen LogP contribution in [0.1, 0.15) is 113 Å². The summed E-state index contributed by atoms with van der Waals surface area (Å²) in [7, 11) is 0. The van der Waals surface area contributed by atoms with Crippen LogP contribution >= 0.6 is 15.9 Å². The summed E-state index contributed by atoms with van der Waals surface area (Å²) < 4.78 is 6.28. The Hall–Kier alpha value is -2.47. The standard InChI is InChI=1S/C30H41BrN2O3/c1-2-3-4-5-6-7-8-9-10-11-12-13-14-15-29(34)33-32-24-25-16-22-28(23-17-25)36-30(35)26-18-20-27(31)21-19-26/h16-24H,2-15H2,1H3,(H,33,34)/b32-24-. The van der Waals surface area contributed by atoms with E-state index < -0.39 is 5.97 Å². The maximum absolute atomic E-state index is 12.2. The monoisotopic (exact) mass is 556 g/mol. The number of hydrogen-bond donors (Lipinski definition) is 1. The third-order valence-electron chi connectivity index (χ3n) is 6.08. The predicted octanol–water partition coefficient (Wildman–Crippen LogP) is 8.60. The Labute approximate surface area is 225 Å². The highest BCUT2D eigenvalue weighted by molar-refractivity contribution is 9.10. The SMILES string of the molecule is CCCCCCCCCCCCCCCC(=O)N/N=C\c1ccc(OC(=O)c2ccc(Br)cc2)cc1. The van der Waals surface area contributed by atoms with Crippen LogP contribution in [0, 0.1) is 0 Å². The Morgan fingerprint density at radius 2 is 1.31 bits per heavy atom. The normalized spacial score (nSPS) is 11.1. The number of ether oxygens (including phenoxy) is 1. The van der Waals surface area contributed by atoms with E-state index in [9.17, 15) is 9.59 Å². The van der Waals surface area contributed by atoms with Crippen LogP contribution < -0.4 is 10.2 Å². The average molecular weight is 558 g/mol. The van der Waals surface area contributed by atoms with Crippen LogP contribution in [0.4, 0.5) is 0 Å². The highest BCUT2D eigenvalue weighted by Crippen LogP contribution is 2.16. The van der Waals surface area contributed by atoms with Crippen molar-refractivity contribution in [1.82, 2.24) is 5.43 Å². The first kappa shape index (κ1) is 29.8. The highest BCUT2D eigenvalue weighted by atomic mass is 79.9. The number of unbranched alkanes of at least 4 members (excludes halogenated alkanes) is 12. The van der Waals surface area contributed by atoms with Crippen LogP contribution in [-0.4, -0.2) is 18.1 Å². The van der Waals surface area contributed by atoms with Crippen molar-refractivity contribution in [2.45, 2.75) is 96.8 Å². The summed E-state index contributed by atoms with van der Waals surface area (Å²) in [5.74, 6) is -0.0229. The molecule has 196 valence electrons. The first-order valence-corrected chi connectivity index (χ1v) is 14.3. The summed E-state index contributed by atoms with van der Waals surface area (Å²) in [5.41, 5.74) is 3.88.